The number of nitrogens with zero attached hydrogens (tertiary/aromatic N) is 1. The molecule has 1 heterocycles. The Morgan fingerprint density at radius 2 is 1.76 bits per heavy atom. The van der Waals surface area contributed by atoms with Crippen LogP contribution in [0.3, 0.4) is 0 Å². The van der Waals surface area contributed by atoms with E-state index < -0.39 is 29.7 Å². The first-order valence-electron chi connectivity index (χ1n) is 9.20. The summed E-state index contributed by atoms with van der Waals surface area (Å²) in [6.45, 7) is 0.354. The fourth-order valence-electron chi connectivity index (χ4n) is 3.27. The van der Waals surface area contributed by atoms with E-state index in [-0.39, 0.29) is 25.4 Å². The highest BCUT2D eigenvalue weighted by Gasteiger charge is 2.38. The minimum Gasteiger partial charge on any atom is -0.457 e. The summed E-state index contributed by atoms with van der Waals surface area (Å²) in [6, 6.07) is 14.6. The zero-order chi connectivity index (χ0) is 20.8. The summed E-state index contributed by atoms with van der Waals surface area (Å²) >= 11 is 0. The molecule has 7 heteroatoms. The van der Waals surface area contributed by atoms with Gasteiger partial charge >= 0.3 is 5.97 Å². The maximum absolute atomic E-state index is 13.7. The number of primary amides is 1. The predicted molar refractivity (Wildman–Crippen MR) is 105 cm³/mol. The van der Waals surface area contributed by atoms with E-state index >= 15 is 0 Å². The molecule has 1 aliphatic heterocycles. The average molecular weight is 396 g/mol. The molecular formula is C22H21FN2O4. The van der Waals surface area contributed by atoms with Gasteiger partial charge in [-0.3, -0.25) is 9.59 Å². The van der Waals surface area contributed by atoms with E-state index in [1.165, 1.54) is 23.1 Å². The van der Waals surface area contributed by atoms with Gasteiger partial charge in [0, 0.05) is 30.5 Å². The van der Waals surface area contributed by atoms with Gasteiger partial charge in [-0.2, -0.15) is 0 Å². The number of rotatable bonds is 6. The Bertz CT molecular complexity index is 929. The predicted octanol–water partition coefficient (Wildman–Crippen LogP) is 2.40. The first-order chi connectivity index (χ1) is 13.9. The summed E-state index contributed by atoms with van der Waals surface area (Å²) in [5.74, 6) is -2.25. The van der Waals surface area contributed by atoms with Crippen LogP contribution in [-0.2, 0) is 14.3 Å². The van der Waals surface area contributed by atoms with Gasteiger partial charge in [-0.1, -0.05) is 36.4 Å². The van der Waals surface area contributed by atoms with Crippen LogP contribution in [0.2, 0.25) is 0 Å². The SMILES string of the molecule is NC(=O)C[C@H]1CN(C(=O)/C=C/c2ccccc2F)C[C@H]1OC(=O)c1ccccc1. The normalized spacial score (nSPS) is 18.7. The van der Waals surface area contributed by atoms with Crippen molar-refractivity contribution >= 4 is 23.9 Å². The maximum Gasteiger partial charge on any atom is 0.338 e. The van der Waals surface area contributed by atoms with Crippen LogP contribution in [0.4, 0.5) is 4.39 Å². The number of nitrogens with two attached hydrogens (primary N) is 1. The Kier molecular flexibility index (Phi) is 6.39. The number of carbonyl (C=O) groups excluding carboxylic acids is 3. The molecule has 2 amide bonds. The Balaban J connectivity index is 1.69. The molecular weight excluding hydrogens is 375 g/mol. The highest BCUT2D eigenvalue weighted by Crippen LogP contribution is 2.24. The molecule has 150 valence electrons. The second-order valence-electron chi connectivity index (χ2n) is 6.84. The van der Waals surface area contributed by atoms with Crippen molar-refractivity contribution in [3.63, 3.8) is 0 Å². The van der Waals surface area contributed by atoms with Crippen LogP contribution in [0, 0.1) is 11.7 Å². The molecule has 0 saturated carbocycles. The number of ether oxygens (including phenoxy) is 1. The lowest BCUT2D eigenvalue weighted by Crippen LogP contribution is -2.30. The van der Waals surface area contributed by atoms with Crippen molar-refractivity contribution in [3.05, 3.63) is 77.6 Å². The second-order valence-corrected chi connectivity index (χ2v) is 6.84. The molecule has 1 fully saturated rings. The van der Waals surface area contributed by atoms with Crippen LogP contribution in [0.5, 0.6) is 0 Å². The van der Waals surface area contributed by atoms with E-state index in [2.05, 4.69) is 0 Å². The molecule has 0 radical (unpaired) electrons. The molecule has 1 saturated heterocycles. The van der Waals surface area contributed by atoms with E-state index in [1.54, 1.807) is 48.5 Å². The van der Waals surface area contributed by atoms with Gasteiger partial charge < -0.3 is 15.4 Å². The fraction of sp³-hybridized carbons (Fsp3) is 0.227. The Morgan fingerprint density at radius 3 is 2.45 bits per heavy atom. The van der Waals surface area contributed by atoms with Crippen molar-refractivity contribution in [2.75, 3.05) is 13.1 Å². The van der Waals surface area contributed by atoms with Crippen molar-refractivity contribution in [1.29, 1.82) is 0 Å². The summed E-state index contributed by atoms with van der Waals surface area (Å²) in [4.78, 5) is 37.8. The molecule has 0 bridgehead atoms. The molecule has 2 aromatic rings. The second kappa shape index (κ2) is 9.14. The largest absolute Gasteiger partial charge is 0.457 e. The lowest BCUT2D eigenvalue weighted by atomic mass is 10.0. The van der Waals surface area contributed by atoms with Crippen LogP contribution in [0.1, 0.15) is 22.3 Å². The van der Waals surface area contributed by atoms with Crippen molar-refractivity contribution in [3.8, 4) is 0 Å². The van der Waals surface area contributed by atoms with Crippen LogP contribution >= 0.6 is 0 Å². The molecule has 6 nitrogen and oxygen atoms in total. The number of hydrogen-bond acceptors (Lipinski definition) is 4. The third kappa shape index (κ3) is 5.28. The van der Waals surface area contributed by atoms with Gasteiger partial charge in [0.1, 0.15) is 11.9 Å². The molecule has 0 aromatic heterocycles. The number of hydrogen-bond donors (Lipinski definition) is 1. The van der Waals surface area contributed by atoms with Gasteiger partial charge in [-0.25, -0.2) is 9.18 Å². The number of benzene rings is 2. The number of halogens is 1. The molecule has 0 aliphatic carbocycles. The molecule has 29 heavy (non-hydrogen) atoms. The molecule has 2 atom stereocenters. The summed E-state index contributed by atoms with van der Waals surface area (Å²) < 4.78 is 19.3. The Labute approximate surface area is 167 Å². The molecule has 1 aliphatic rings. The van der Waals surface area contributed by atoms with E-state index in [9.17, 15) is 18.8 Å². The van der Waals surface area contributed by atoms with Gasteiger partial charge in [0.2, 0.25) is 11.8 Å². The quantitative estimate of drug-likeness (QED) is 0.600. The van der Waals surface area contributed by atoms with Crippen LogP contribution in [0.25, 0.3) is 6.08 Å². The van der Waals surface area contributed by atoms with Crippen LogP contribution in [0.15, 0.2) is 60.7 Å². The Morgan fingerprint density at radius 1 is 1.07 bits per heavy atom. The van der Waals surface area contributed by atoms with Gasteiger partial charge in [0.05, 0.1) is 12.1 Å². The summed E-state index contributed by atoms with van der Waals surface area (Å²) in [6.07, 6.45) is 2.00. The number of carbonyl (C=O) groups is 3. The van der Waals surface area contributed by atoms with Gasteiger partial charge in [0.25, 0.3) is 0 Å². The third-order valence-corrected chi connectivity index (χ3v) is 4.73. The molecule has 0 unspecified atom stereocenters. The summed E-state index contributed by atoms with van der Waals surface area (Å²) in [7, 11) is 0. The van der Waals surface area contributed by atoms with Crippen LogP contribution in [-0.4, -0.2) is 41.9 Å². The van der Waals surface area contributed by atoms with E-state index in [0.717, 1.165) is 0 Å². The maximum atomic E-state index is 13.7. The zero-order valence-corrected chi connectivity index (χ0v) is 15.7. The zero-order valence-electron chi connectivity index (χ0n) is 15.7. The standard InChI is InChI=1S/C22H21FN2O4/c23-18-9-5-4-6-15(18)10-11-21(27)25-13-17(12-20(24)26)19(14-25)29-22(28)16-7-2-1-3-8-16/h1-11,17,19H,12-14H2,(H2,24,26)/b11-10+/t17-,19+/m0/s1. The van der Waals surface area contributed by atoms with Crippen molar-refractivity contribution in [2.45, 2.75) is 12.5 Å². The van der Waals surface area contributed by atoms with Gasteiger partial charge in [-0.15, -0.1) is 0 Å². The molecule has 2 aromatic carbocycles. The van der Waals surface area contributed by atoms with Crippen molar-refractivity contribution in [1.82, 2.24) is 4.90 Å². The third-order valence-electron chi connectivity index (χ3n) is 4.73. The topological polar surface area (TPSA) is 89.7 Å². The monoisotopic (exact) mass is 396 g/mol. The average Bonchev–Trinajstić information content (AvgIpc) is 3.09. The van der Waals surface area contributed by atoms with Gasteiger partial charge in [0.15, 0.2) is 0 Å². The minimum atomic E-state index is -0.652. The lowest BCUT2D eigenvalue weighted by Gasteiger charge is -2.17. The van der Waals surface area contributed by atoms with E-state index in [1.807, 2.05) is 0 Å². The Hall–Kier alpha value is -3.48. The number of likely N-dealkylation sites (tertiary alicyclic amines) is 1. The van der Waals surface area contributed by atoms with E-state index in [0.29, 0.717) is 11.1 Å². The fourth-order valence-corrected chi connectivity index (χ4v) is 3.27. The number of amides is 2. The summed E-state index contributed by atoms with van der Waals surface area (Å²) in [5.41, 5.74) is 5.99. The minimum absolute atomic E-state index is 0.00640. The molecule has 0 spiro atoms. The molecule has 3 rings (SSSR count). The van der Waals surface area contributed by atoms with Crippen LogP contribution < -0.4 is 5.73 Å². The first-order valence-corrected chi connectivity index (χ1v) is 9.20. The highest BCUT2D eigenvalue weighted by molar-refractivity contribution is 5.92. The first kappa shape index (κ1) is 20.3. The summed E-state index contributed by atoms with van der Waals surface area (Å²) in [5, 5.41) is 0. The molecule has 2 N–H and O–H groups in total. The lowest BCUT2D eigenvalue weighted by molar-refractivity contribution is -0.125. The van der Waals surface area contributed by atoms with Crippen molar-refractivity contribution < 1.29 is 23.5 Å². The van der Waals surface area contributed by atoms with E-state index in [4.69, 9.17) is 10.5 Å². The van der Waals surface area contributed by atoms with Crippen molar-refractivity contribution in [2.24, 2.45) is 11.7 Å². The smallest absolute Gasteiger partial charge is 0.338 e. The number of esters is 1. The highest BCUT2D eigenvalue weighted by atomic mass is 19.1. The van der Waals surface area contributed by atoms with Gasteiger partial charge in [-0.05, 0) is 24.3 Å².